The fraction of sp³-hybridized carbons (Fsp3) is 0.0769. The van der Waals surface area contributed by atoms with Crippen LogP contribution in [0.15, 0.2) is 38.6 Å². The molecular weight excluding hydrogens is 406 g/mol. The van der Waals surface area contributed by atoms with Gasteiger partial charge in [-0.3, -0.25) is 4.79 Å². The molecule has 0 aliphatic heterocycles. The van der Waals surface area contributed by atoms with Crippen molar-refractivity contribution in [1.29, 1.82) is 0 Å². The number of nitrogens with zero attached hydrogens (tertiary/aromatic N) is 1. The van der Waals surface area contributed by atoms with Crippen molar-refractivity contribution in [2.75, 3.05) is 0 Å². The fourth-order valence-corrected chi connectivity index (χ4v) is 3.75. The number of aromatic nitrogens is 2. The number of para-hydroxylation sites is 2. The lowest BCUT2D eigenvalue weighted by Gasteiger charge is -2.00. The molecule has 0 radical (unpaired) electrons. The van der Waals surface area contributed by atoms with E-state index >= 15 is 0 Å². The first-order valence-electron chi connectivity index (χ1n) is 5.80. The van der Waals surface area contributed by atoms with Crippen molar-refractivity contribution in [3.63, 3.8) is 0 Å². The molecule has 20 heavy (non-hydrogen) atoms. The van der Waals surface area contributed by atoms with E-state index in [1.165, 1.54) is 11.3 Å². The highest BCUT2D eigenvalue weighted by molar-refractivity contribution is 9.13. The van der Waals surface area contributed by atoms with E-state index in [-0.39, 0.29) is 5.91 Å². The number of carbonyl (C=O) groups excluding carboxylic acids is 1. The summed E-state index contributed by atoms with van der Waals surface area (Å²) in [5, 5.41) is 2.85. The molecule has 0 bridgehead atoms. The standard InChI is InChI=1S/C13H9Br2N3OS/c14-7-5-10(20-12(7)15)13(19)16-6-11-17-8-3-1-2-4-9(8)18-11/h1-5H,6H2,(H,16,19)(H,17,18). The fourth-order valence-electron chi connectivity index (χ4n) is 1.80. The van der Waals surface area contributed by atoms with E-state index in [9.17, 15) is 4.79 Å². The number of imidazole rings is 1. The molecule has 0 saturated carbocycles. The van der Waals surface area contributed by atoms with E-state index in [1.807, 2.05) is 24.3 Å². The second kappa shape index (κ2) is 5.67. The maximum Gasteiger partial charge on any atom is 0.261 e. The number of rotatable bonds is 3. The monoisotopic (exact) mass is 413 g/mol. The van der Waals surface area contributed by atoms with Gasteiger partial charge >= 0.3 is 0 Å². The van der Waals surface area contributed by atoms with E-state index < -0.39 is 0 Å². The molecule has 2 heterocycles. The Kier molecular flexibility index (Phi) is 3.91. The van der Waals surface area contributed by atoms with Gasteiger partial charge in [0.25, 0.3) is 5.91 Å². The molecular formula is C13H9Br2N3OS. The van der Waals surface area contributed by atoms with E-state index in [0.717, 1.165) is 25.1 Å². The molecule has 0 aliphatic carbocycles. The Morgan fingerprint density at radius 1 is 1.35 bits per heavy atom. The zero-order valence-electron chi connectivity index (χ0n) is 10.1. The number of hydrogen-bond acceptors (Lipinski definition) is 3. The summed E-state index contributed by atoms with van der Waals surface area (Å²) in [5.74, 6) is 0.635. The third-order valence-corrected chi connectivity index (χ3v) is 5.98. The third kappa shape index (κ3) is 2.79. The van der Waals surface area contributed by atoms with Gasteiger partial charge in [0.15, 0.2) is 0 Å². The predicted molar refractivity (Wildman–Crippen MR) is 87.0 cm³/mol. The average molecular weight is 415 g/mol. The summed E-state index contributed by atoms with van der Waals surface area (Å²) >= 11 is 8.14. The second-order valence-corrected chi connectivity index (χ2v) is 7.34. The lowest BCUT2D eigenvalue weighted by molar-refractivity contribution is 0.0954. The zero-order valence-corrected chi connectivity index (χ0v) is 14.1. The molecule has 102 valence electrons. The highest BCUT2D eigenvalue weighted by atomic mass is 79.9. The van der Waals surface area contributed by atoms with E-state index in [1.54, 1.807) is 6.07 Å². The minimum atomic E-state index is -0.109. The topological polar surface area (TPSA) is 57.8 Å². The van der Waals surface area contributed by atoms with Crippen molar-refractivity contribution in [2.24, 2.45) is 0 Å². The molecule has 1 amide bonds. The van der Waals surface area contributed by atoms with E-state index in [2.05, 4.69) is 47.1 Å². The van der Waals surface area contributed by atoms with Crippen molar-refractivity contribution in [3.05, 3.63) is 49.3 Å². The average Bonchev–Trinajstić information content (AvgIpc) is 3.00. The van der Waals surface area contributed by atoms with Crippen LogP contribution in [0.4, 0.5) is 0 Å². The molecule has 4 nitrogen and oxygen atoms in total. The van der Waals surface area contributed by atoms with E-state index in [4.69, 9.17) is 0 Å². The van der Waals surface area contributed by atoms with Crippen molar-refractivity contribution < 1.29 is 4.79 Å². The first-order valence-corrected chi connectivity index (χ1v) is 8.20. The maximum atomic E-state index is 12.0. The van der Waals surface area contributed by atoms with Crippen LogP contribution < -0.4 is 5.32 Å². The molecule has 0 aliphatic rings. The number of amides is 1. The SMILES string of the molecule is O=C(NCc1nc2ccccc2[nH]1)c1cc(Br)c(Br)s1. The van der Waals surface area contributed by atoms with Crippen LogP contribution in [0.1, 0.15) is 15.5 Å². The summed E-state index contributed by atoms with van der Waals surface area (Å²) in [5.41, 5.74) is 1.87. The molecule has 3 aromatic rings. The van der Waals surface area contributed by atoms with Crippen LogP contribution in [-0.2, 0) is 6.54 Å². The van der Waals surface area contributed by atoms with Crippen LogP contribution >= 0.6 is 43.2 Å². The summed E-state index contributed by atoms with van der Waals surface area (Å²) in [6.45, 7) is 0.376. The first kappa shape index (κ1) is 13.8. The molecule has 2 aromatic heterocycles. The van der Waals surface area contributed by atoms with Gasteiger partial charge in [0.05, 0.1) is 26.2 Å². The third-order valence-electron chi connectivity index (χ3n) is 2.72. The minimum Gasteiger partial charge on any atom is -0.344 e. The van der Waals surface area contributed by atoms with Gasteiger partial charge in [-0.2, -0.15) is 0 Å². The highest BCUT2D eigenvalue weighted by Gasteiger charge is 2.12. The van der Waals surface area contributed by atoms with Crippen molar-refractivity contribution >= 4 is 60.1 Å². The molecule has 2 N–H and O–H groups in total. The maximum absolute atomic E-state index is 12.0. The number of halogens is 2. The van der Waals surface area contributed by atoms with Gasteiger partial charge < -0.3 is 10.3 Å². The van der Waals surface area contributed by atoms with Gasteiger partial charge in [0.1, 0.15) is 5.82 Å². The van der Waals surface area contributed by atoms with Crippen molar-refractivity contribution in [1.82, 2.24) is 15.3 Å². The Morgan fingerprint density at radius 3 is 2.85 bits per heavy atom. The number of benzene rings is 1. The van der Waals surface area contributed by atoms with Crippen molar-refractivity contribution in [3.8, 4) is 0 Å². The quantitative estimate of drug-likeness (QED) is 0.678. The summed E-state index contributed by atoms with van der Waals surface area (Å²) in [4.78, 5) is 20.3. The van der Waals surface area contributed by atoms with Crippen LogP contribution in [0.3, 0.4) is 0 Å². The van der Waals surface area contributed by atoms with Gasteiger partial charge in [-0.15, -0.1) is 11.3 Å². The van der Waals surface area contributed by atoms with Gasteiger partial charge in [0.2, 0.25) is 0 Å². The van der Waals surface area contributed by atoms with Crippen LogP contribution in [0, 0.1) is 0 Å². The first-order chi connectivity index (χ1) is 9.63. The molecule has 0 spiro atoms. The largest absolute Gasteiger partial charge is 0.344 e. The highest BCUT2D eigenvalue weighted by Crippen LogP contribution is 2.32. The van der Waals surface area contributed by atoms with Crippen LogP contribution in [0.5, 0.6) is 0 Å². The summed E-state index contributed by atoms with van der Waals surface area (Å²) in [7, 11) is 0. The Morgan fingerprint density at radius 2 is 2.15 bits per heavy atom. The lowest BCUT2D eigenvalue weighted by atomic mass is 10.3. The normalized spacial score (nSPS) is 10.9. The number of hydrogen-bond donors (Lipinski definition) is 2. The number of aromatic amines is 1. The van der Waals surface area contributed by atoms with Gasteiger partial charge in [0, 0.05) is 4.47 Å². The summed E-state index contributed by atoms with van der Waals surface area (Å²) in [6.07, 6.45) is 0. The summed E-state index contributed by atoms with van der Waals surface area (Å²) in [6, 6.07) is 9.57. The number of thiophene rings is 1. The Labute approximate surface area is 135 Å². The Bertz CT molecular complexity index is 728. The summed E-state index contributed by atoms with van der Waals surface area (Å²) < 4.78 is 1.79. The second-order valence-electron chi connectivity index (χ2n) is 4.12. The van der Waals surface area contributed by atoms with Gasteiger partial charge in [-0.25, -0.2) is 4.98 Å². The number of fused-ring (bicyclic) bond motifs is 1. The zero-order chi connectivity index (χ0) is 14.1. The lowest BCUT2D eigenvalue weighted by Crippen LogP contribution is -2.22. The predicted octanol–water partition coefficient (Wildman–Crippen LogP) is 4.08. The number of carbonyl (C=O) groups is 1. The van der Waals surface area contributed by atoms with Gasteiger partial charge in [-0.1, -0.05) is 12.1 Å². The van der Waals surface area contributed by atoms with Crippen LogP contribution in [0.2, 0.25) is 0 Å². The minimum absolute atomic E-state index is 0.109. The number of nitrogens with one attached hydrogen (secondary N) is 2. The molecule has 3 rings (SSSR count). The van der Waals surface area contributed by atoms with Gasteiger partial charge in [-0.05, 0) is 50.1 Å². The molecule has 0 atom stereocenters. The molecule has 7 heteroatoms. The Balaban J connectivity index is 1.71. The molecule has 1 aromatic carbocycles. The smallest absolute Gasteiger partial charge is 0.261 e. The van der Waals surface area contributed by atoms with Crippen LogP contribution in [0.25, 0.3) is 11.0 Å². The molecule has 0 fully saturated rings. The molecule has 0 unspecified atom stereocenters. The van der Waals surface area contributed by atoms with Crippen LogP contribution in [-0.4, -0.2) is 15.9 Å². The van der Waals surface area contributed by atoms with Crippen molar-refractivity contribution in [2.45, 2.75) is 6.54 Å². The molecule has 0 saturated heterocycles. The number of H-pyrrole nitrogens is 1. The van der Waals surface area contributed by atoms with E-state index in [0.29, 0.717) is 11.4 Å². The Hall–Kier alpha value is -1.18.